The number of nitrogens with zero attached hydrogens (tertiary/aromatic N) is 3. The van der Waals surface area contributed by atoms with E-state index in [0.29, 0.717) is 16.7 Å². The number of halogens is 1. The predicted molar refractivity (Wildman–Crippen MR) is 107 cm³/mol. The lowest BCUT2D eigenvalue weighted by Gasteiger charge is -2.19. The molecule has 0 bridgehead atoms. The summed E-state index contributed by atoms with van der Waals surface area (Å²) in [6.45, 7) is 0.657. The maximum absolute atomic E-state index is 6.03. The van der Waals surface area contributed by atoms with Crippen LogP contribution in [0, 0.1) is 0 Å². The highest BCUT2D eigenvalue weighted by Gasteiger charge is 2.15. The molecule has 2 aromatic carbocycles. The number of hydrogen-bond acceptors (Lipinski definition) is 2. The van der Waals surface area contributed by atoms with E-state index in [-0.39, 0.29) is 0 Å². The van der Waals surface area contributed by atoms with Gasteiger partial charge in [-0.15, -0.1) is 0 Å². The fourth-order valence-corrected chi connectivity index (χ4v) is 2.80. The Morgan fingerprint density at radius 2 is 1.84 bits per heavy atom. The van der Waals surface area contributed by atoms with Crippen LogP contribution in [-0.4, -0.2) is 33.9 Å². The van der Waals surface area contributed by atoms with E-state index in [4.69, 9.17) is 28.9 Å². The molecule has 0 radical (unpaired) electrons. The van der Waals surface area contributed by atoms with Crippen molar-refractivity contribution in [2.75, 3.05) is 14.1 Å². The summed E-state index contributed by atoms with van der Waals surface area (Å²) in [5, 5.41) is 9.20. The van der Waals surface area contributed by atoms with Gasteiger partial charge >= 0.3 is 0 Å². The lowest BCUT2D eigenvalue weighted by atomic mass is 10.1. The van der Waals surface area contributed by atoms with Crippen molar-refractivity contribution < 1.29 is 0 Å². The van der Waals surface area contributed by atoms with Crippen molar-refractivity contribution in [1.82, 2.24) is 20.0 Å². The van der Waals surface area contributed by atoms with Gasteiger partial charge in [-0.3, -0.25) is 0 Å². The lowest BCUT2D eigenvalue weighted by Crippen LogP contribution is -2.34. The number of benzene rings is 2. The minimum Gasteiger partial charge on any atom is -0.366 e. The van der Waals surface area contributed by atoms with Gasteiger partial charge in [0.05, 0.1) is 11.4 Å². The van der Waals surface area contributed by atoms with Crippen LogP contribution in [-0.2, 0) is 6.54 Å². The summed E-state index contributed by atoms with van der Waals surface area (Å²) in [5.74, 6) is 0. The molecule has 0 spiro atoms. The summed E-state index contributed by atoms with van der Waals surface area (Å²) in [7, 11) is 3.79. The fraction of sp³-hybridized carbons (Fsp3) is 0.158. The van der Waals surface area contributed by atoms with Gasteiger partial charge in [-0.05, 0) is 36.5 Å². The van der Waals surface area contributed by atoms with Gasteiger partial charge in [-0.25, -0.2) is 4.68 Å². The molecular formula is C19H19ClN4S. The first-order valence-electron chi connectivity index (χ1n) is 7.91. The van der Waals surface area contributed by atoms with Gasteiger partial charge in [0.1, 0.15) is 0 Å². The second-order valence-electron chi connectivity index (χ2n) is 5.70. The standard InChI is InChI=1S/C19H19ClN4S/c1-21-19(25)23(2)12-15-13-24(17-6-4-3-5-7-17)22-18(15)14-8-10-16(20)11-9-14/h3-11,13H,12H2,1-2H3,(H,21,25). The molecule has 25 heavy (non-hydrogen) atoms. The first-order valence-corrected chi connectivity index (χ1v) is 8.70. The maximum atomic E-state index is 6.03. The second kappa shape index (κ2) is 7.68. The highest BCUT2D eigenvalue weighted by atomic mass is 35.5. The molecule has 0 unspecified atom stereocenters. The summed E-state index contributed by atoms with van der Waals surface area (Å²) < 4.78 is 1.90. The average Bonchev–Trinajstić information content (AvgIpc) is 3.06. The second-order valence-corrected chi connectivity index (χ2v) is 6.52. The summed E-state index contributed by atoms with van der Waals surface area (Å²) in [6.07, 6.45) is 2.05. The molecule has 128 valence electrons. The molecular weight excluding hydrogens is 352 g/mol. The van der Waals surface area contributed by atoms with E-state index in [1.165, 1.54) is 0 Å². The van der Waals surface area contributed by atoms with Crippen LogP contribution in [0.4, 0.5) is 0 Å². The van der Waals surface area contributed by atoms with Crippen LogP contribution in [0.2, 0.25) is 5.02 Å². The molecule has 3 rings (SSSR count). The number of nitrogens with one attached hydrogen (secondary N) is 1. The zero-order valence-corrected chi connectivity index (χ0v) is 15.7. The molecule has 0 amide bonds. The van der Waals surface area contributed by atoms with Crippen molar-refractivity contribution in [3.05, 3.63) is 71.4 Å². The van der Waals surface area contributed by atoms with E-state index in [1.807, 2.05) is 84.5 Å². The van der Waals surface area contributed by atoms with Crippen LogP contribution >= 0.6 is 23.8 Å². The Bertz CT molecular complexity index is 859. The minimum absolute atomic E-state index is 0.657. The Morgan fingerprint density at radius 1 is 1.16 bits per heavy atom. The number of thiocarbonyl (C=S) groups is 1. The van der Waals surface area contributed by atoms with Gasteiger partial charge in [0, 0.05) is 43.0 Å². The largest absolute Gasteiger partial charge is 0.366 e. The van der Waals surface area contributed by atoms with Gasteiger partial charge < -0.3 is 10.2 Å². The monoisotopic (exact) mass is 370 g/mol. The van der Waals surface area contributed by atoms with E-state index in [9.17, 15) is 0 Å². The van der Waals surface area contributed by atoms with Crippen LogP contribution in [0.15, 0.2) is 60.8 Å². The van der Waals surface area contributed by atoms with Crippen molar-refractivity contribution in [3.63, 3.8) is 0 Å². The highest BCUT2D eigenvalue weighted by molar-refractivity contribution is 7.80. The van der Waals surface area contributed by atoms with Crippen LogP contribution < -0.4 is 5.32 Å². The Hall–Kier alpha value is -2.37. The van der Waals surface area contributed by atoms with Crippen LogP contribution in [0.25, 0.3) is 16.9 Å². The SMILES string of the molecule is CNC(=S)N(C)Cc1cn(-c2ccccc2)nc1-c1ccc(Cl)cc1. The third-order valence-corrected chi connectivity index (χ3v) is 4.66. The smallest absolute Gasteiger partial charge is 0.168 e. The van der Waals surface area contributed by atoms with E-state index in [0.717, 1.165) is 22.5 Å². The Kier molecular flexibility index (Phi) is 5.36. The zero-order chi connectivity index (χ0) is 17.8. The number of rotatable bonds is 4. The summed E-state index contributed by atoms with van der Waals surface area (Å²) >= 11 is 11.4. The highest BCUT2D eigenvalue weighted by Crippen LogP contribution is 2.26. The van der Waals surface area contributed by atoms with Crippen molar-refractivity contribution in [1.29, 1.82) is 0 Å². The minimum atomic E-state index is 0.657. The Balaban J connectivity index is 2.03. The Morgan fingerprint density at radius 3 is 2.48 bits per heavy atom. The van der Waals surface area contributed by atoms with Gasteiger partial charge in [0.15, 0.2) is 5.11 Å². The number of para-hydroxylation sites is 1. The van der Waals surface area contributed by atoms with Crippen molar-refractivity contribution >= 4 is 28.9 Å². The van der Waals surface area contributed by atoms with Crippen LogP contribution in [0.5, 0.6) is 0 Å². The number of hydrogen-bond donors (Lipinski definition) is 1. The average molecular weight is 371 g/mol. The fourth-order valence-electron chi connectivity index (χ4n) is 2.61. The zero-order valence-electron chi connectivity index (χ0n) is 14.1. The van der Waals surface area contributed by atoms with E-state index < -0.39 is 0 Å². The molecule has 6 heteroatoms. The normalized spacial score (nSPS) is 10.5. The third kappa shape index (κ3) is 4.00. The molecule has 1 heterocycles. The van der Waals surface area contributed by atoms with Crippen molar-refractivity contribution in [2.24, 2.45) is 0 Å². The van der Waals surface area contributed by atoms with Gasteiger partial charge in [-0.2, -0.15) is 5.10 Å². The first kappa shape index (κ1) is 17.5. The molecule has 1 N–H and O–H groups in total. The molecule has 0 fully saturated rings. The van der Waals surface area contributed by atoms with Crippen LogP contribution in [0.1, 0.15) is 5.56 Å². The van der Waals surface area contributed by atoms with Gasteiger partial charge in [0.2, 0.25) is 0 Å². The molecule has 0 aliphatic rings. The molecule has 4 nitrogen and oxygen atoms in total. The van der Waals surface area contributed by atoms with Crippen molar-refractivity contribution in [2.45, 2.75) is 6.54 Å². The summed E-state index contributed by atoms with van der Waals surface area (Å²) in [6, 6.07) is 17.8. The van der Waals surface area contributed by atoms with Gasteiger partial charge in [0.25, 0.3) is 0 Å². The van der Waals surface area contributed by atoms with E-state index >= 15 is 0 Å². The molecule has 1 aromatic heterocycles. The predicted octanol–water partition coefficient (Wildman–Crippen LogP) is 4.13. The molecule has 0 atom stereocenters. The topological polar surface area (TPSA) is 33.1 Å². The van der Waals surface area contributed by atoms with Crippen LogP contribution in [0.3, 0.4) is 0 Å². The first-order chi connectivity index (χ1) is 12.1. The molecule has 0 aliphatic heterocycles. The van der Waals surface area contributed by atoms with Crippen molar-refractivity contribution in [3.8, 4) is 16.9 Å². The van der Waals surface area contributed by atoms with E-state index in [1.54, 1.807) is 0 Å². The lowest BCUT2D eigenvalue weighted by molar-refractivity contribution is 0.495. The maximum Gasteiger partial charge on any atom is 0.168 e. The molecule has 0 saturated heterocycles. The molecule has 0 aliphatic carbocycles. The summed E-state index contributed by atoms with van der Waals surface area (Å²) in [5.41, 5.74) is 4.05. The molecule has 0 saturated carbocycles. The third-order valence-electron chi connectivity index (χ3n) is 3.90. The van der Waals surface area contributed by atoms with E-state index in [2.05, 4.69) is 5.32 Å². The Labute approximate surface area is 158 Å². The quantitative estimate of drug-likeness (QED) is 0.700. The molecule has 3 aromatic rings. The number of aromatic nitrogens is 2. The summed E-state index contributed by atoms with van der Waals surface area (Å²) in [4.78, 5) is 1.99. The van der Waals surface area contributed by atoms with Gasteiger partial charge in [-0.1, -0.05) is 41.9 Å².